The van der Waals surface area contributed by atoms with Crippen LogP contribution >= 0.6 is 0 Å². The predicted molar refractivity (Wildman–Crippen MR) is 107 cm³/mol. The molecular weight excluding hydrogens is 342 g/mol. The molecule has 0 unspecified atom stereocenters. The van der Waals surface area contributed by atoms with Crippen molar-refractivity contribution in [2.75, 3.05) is 52.5 Å². The van der Waals surface area contributed by atoms with Gasteiger partial charge in [-0.1, -0.05) is 6.92 Å². The van der Waals surface area contributed by atoms with Crippen LogP contribution in [0, 0.1) is 12.8 Å². The summed E-state index contributed by atoms with van der Waals surface area (Å²) in [5, 5.41) is 12.0. The van der Waals surface area contributed by atoms with E-state index >= 15 is 0 Å². The van der Waals surface area contributed by atoms with Gasteiger partial charge in [0.2, 0.25) is 0 Å². The second-order valence-corrected chi connectivity index (χ2v) is 7.77. The maximum Gasteiger partial charge on any atom is 0.194 e. The van der Waals surface area contributed by atoms with Crippen molar-refractivity contribution in [2.45, 2.75) is 39.7 Å². The first-order valence-electron chi connectivity index (χ1n) is 10.3. The van der Waals surface area contributed by atoms with Crippen LogP contribution in [0.2, 0.25) is 0 Å². The molecule has 2 fully saturated rings. The Morgan fingerprint density at radius 2 is 1.93 bits per heavy atom. The molecule has 8 nitrogen and oxygen atoms in total. The van der Waals surface area contributed by atoms with Crippen LogP contribution in [0.5, 0.6) is 0 Å². The van der Waals surface area contributed by atoms with Crippen LogP contribution in [-0.2, 0) is 18.3 Å². The Bertz CT molecular complexity index is 601. The Morgan fingerprint density at radius 1 is 1.19 bits per heavy atom. The van der Waals surface area contributed by atoms with E-state index in [1.807, 2.05) is 18.5 Å². The molecule has 1 N–H and O–H groups in total. The Morgan fingerprint density at radius 3 is 2.59 bits per heavy atom. The summed E-state index contributed by atoms with van der Waals surface area (Å²) in [4.78, 5) is 9.76. The summed E-state index contributed by atoms with van der Waals surface area (Å²) in [5.41, 5.74) is 0. The SMILES string of the molecule is Cc1nnc(CN=C(NCCCN2CCOCC2)N2CCC(C)CC2)n1C. The van der Waals surface area contributed by atoms with Crippen molar-refractivity contribution in [1.82, 2.24) is 29.9 Å². The van der Waals surface area contributed by atoms with Gasteiger partial charge in [-0.2, -0.15) is 0 Å². The lowest BCUT2D eigenvalue weighted by Gasteiger charge is -2.33. The van der Waals surface area contributed by atoms with Crippen LogP contribution in [0.1, 0.15) is 37.8 Å². The van der Waals surface area contributed by atoms with Crippen molar-refractivity contribution in [3.05, 3.63) is 11.6 Å². The van der Waals surface area contributed by atoms with E-state index in [4.69, 9.17) is 9.73 Å². The largest absolute Gasteiger partial charge is 0.379 e. The maximum atomic E-state index is 5.42. The van der Waals surface area contributed by atoms with Gasteiger partial charge in [0.25, 0.3) is 0 Å². The molecule has 152 valence electrons. The lowest BCUT2D eigenvalue weighted by Crippen LogP contribution is -2.46. The number of aryl methyl sites for hydroxylation is 1. The highest BCUT2D eigenvalue weighted by Gasteiger charge is 2.19. The molecular formula is C19H35N7O. The molecule has 1 aromatic heterocycles. The molecule has 0 saturated carbocycles. The summed E-state index contributed by atoms with van der Waals surface area (Å²) in [6, 6.07) is 0. The molecule has 0 aliphatic carbocycles. The molecule has 0 aromatic carbocycles. The first-order chi connectivity index (χ1) is 13.1. The third kappa shape index (κ3) is 5.90. The fourth-order valence-electron chi connectivity index (χ4n) is 3.55. The van der Waals surface area contributed by atoms with E-state index in [9.17, 15) is 0 Å². The van der Waals surface area contributed by atoms with Crippen molar-refractivity contribution in [3.8, 4) is 0 Å². The number of nitrogens with one attached hydrogen (secondary N) is 1. The van der Waals surface area contributed by atoms with E-state index in [2.05, 4.69) is 32.2 Å². The summed E-state index contributed by atoms with van der Waals surface area (Å²) >= 11 is 0. The van der Waals surface area contributed by atoms with Crippen LogP contribution in [0.3, 0.4) is 0 Å². The molecule has 2 aliphatic heterocycles. The highest BCUT2D eigenvalue weighted by molar-refractivity contribution is 5.80. The third-order valence-corrected chi connectivity index (χ3v) is 5.67. The van der Waals surface area contributed by atoms with Crippen molar-refractivity contribution < 1.29 is 4.74 Å². The number of likely N-dealkylation sites (tertiary alicyclic amines) is 1. The van der Waals surface area contributed by atoms with Gasteiger partial charge >= 0.3 is 0 Å². The van der Waals surface area contributed by atoms with Gasteiger partial charge in [-0.3, -0.25) is 4.90 Å². The number of guanidine groups is 1. The van der Waals surface area contributed by atoms with Crippen molar-refractivity contribution in [1.29, 1.82) is 0 Å². The van der Waals surface area contributed by atoms with Gasteiger partial charge in [0, 0.05) is 39.8 Å². The van der Waals surface area contributed by atoms with Gasteiger partial charge in [-0.05, 0) is 38.6 Å². The Kier molecular flexibility index (Phi) is 7.46. The number of hydrogen-bond donors (Lipinski definition) is 1. The number of ether oxygens (including phenoxy) is 1. The van der Waals surface area contributed by atoms with Crippen LogP contribution < -0.4 is 5.32 Å². The zero-order valence-electron chi connectivity index (χ0n) is 17.2. The summed E-state index contributed by atoms with van der Waals surface area (Å²) < 4.78 is 7.43. The van der Waals surface area contributed by atoms with E-state index in [0.717, 1.165) is 82.4 Å². The monoisotopic (exact) mass is 377 g/mol. The molecule has 27 heavy (non-hydrogen) atoms. The Hall–Kier alpha value is -1.67. The molecule has 0 spiro atoms. The van der Waals surface area contributed by atoms with E-state index in [-0.39, 0.29) is 0 Å². The number of aromatic nitrogens is 3. The quantitative estimate of drug-likeness (QED) is 0.453. The average Bonchev–Trinajstić information content (AvgIpc) is 3.01. The standard InChI is InChI=1S/C19H35N7O/c1-16-5-9-26(10-6-16)19(21-15-18-23-22-17(2)24(18)3)20-7-4-8-25-11-13-27-14-12-25/h16H,4-15H2,1-3H3,(H,20,21). The summed E-state index contributed by atoms with van der Waals surface area (Å²) in [6.07, 6.45) is 3.58. The van der Waals surface area contributed by atoms with Gasteiger partial charge in [0.15, 0.2) is 11.8 Å². The predicted octanol–water partition coefficient (Wildman–Crippen LogP) is 1.02. The van der Waals surface area contributed by atoms with E-state index in [1.165, 1.54) is 12.8 Å². The number of piperidine rings is 1. The number of aliphatic imine (C=N–C) groups is 1. The van der Waals surface area contributed by atoms with Crippen molar-refractivity contribution in [3.63, 3.8) is 0 Å². The molecule has 2 aliphatic rings. The minimum absolute atomic E-state index is 0.565. The molecule has 8 heteroatoms. The smallest absolute Gasteiger partial charge is 0.194 e. The number of nitrogens with zero attached hydrogens (tertiary/aromatic N) is 6. The first-order valence-corrected chi connectivity index (χ1v) is 10.3. The van der Waals surface area contributed by atoms with Crippen LogP contribution in [0.4, 0.5) is 0 Å². The maximum absolute atomic E-state index is 5.42. The normalized spacial score (nSPS) is 20.3. The first kappa shape index (κ1) is 20.1. The summed E-state index contributed by atoms with van der Waals surface area (Å²) in [5.74, 6) is 3.66. The Balaban J connectivity index is 1.53. The topological polar surface area (TPSA) is 70.8 Å². The molecule has 0 bridgehead atoms. The number of hydrogen-bond acceptors (Lipinski definition) is 5. The minimum atomic E-state index is 0.565. The number of morpholine rings is 1. The molecule has 0 amide bonds. The molecule has 2 saturated heterocycles. The van der Waals surface area contributed by atoms with Gasteiger partial charge in [0.1, 0.15) is 12.4 Å². The highest BCUT2D eigenvalue weighted by atomic mass is 16.5. The molecule has 1 aromatic rings. The lowest BCUT2D eigenvalue weighted by molar-refractivity contribution is 0.0375. The zero-order chi connectivity index (χ0) is 19.1. The molecule has 0 atom stereocenters. The molecule has 0 radical (unpaired) electrons. The van der Waals surface area contributed by atoms with E-state index in [0.29, 0.717) is 6.54 Å². The van der Waals surface area contributed by atoms with E-state index in [1.54, 1.807) is 0 Å². The second kappa shape index (κ2) is 10.0. The third-order valence-electron chi connectivity index (χ3n) is 5.67. The lowest BCUT2D eigenvalue weighted by atomic mass is 10.00. The van der Waals surface area contributed by atoms with Gasteiger partial charge in [-0.25, -0.2) is 4.99 Å². The second-order valence-electron chi connectivity index (χ2n) is 7.77. The molecule has 3 heterocycles. The summed E-state index contributed by atoms with van der Waals surface area (Å²) in [7, 11) is 2.00. The van der Waals surface area contributed by atoms with Gasteiger partial charge in [-0.15, -0.1) is 10.2 Å². The van der Waals surface area contributed by atoms with E-state index < -0.39 is 0 Å². The average molecular weight is 378 g/mol. The summed E-state index contributed by atoms with van der Waals surface area (Å²) in [6.45, 7) is 12.9. The number of rotatable bonds is 6. The highest BCUT2D eigenvalue weighted by Crippen LogP contribution is 2.16. The van der Waals surface area contributed by atoms with Crippen LogP contribution in [0.25, 0.3) is 0 Å². The Labute approximate surface area is 163 Å². The van der Waals surface area contributed by atoms with Crippen LogP contribution in [0.15, 0.2) is 4.99 Å². The van der Waals surface area contributed by atoms with Crippen molar-refractivity contribution in [2.24, 2.45) is 18.0 Å². The zero-order valence-corrected chi connectivity index (χ0v) is 17.2. The van der Waals surface area contributed by atoms with Crippen LogP contribution in [-0.4, -0.2) is 83.0 Å². The minimum Gasteiger partial charge on any atom is -0.379 e. The fraction of sp³-hybridized carbons (Fsp3) is 0.842. The van der Waals surface area contributed by atoms with Crippen molar-refractivity contribution >= 4 is 5.96 Å². The van der Waals surface area contributed by atoms with Gasteiger partial charge in [0.05, 0.1) is 13.2 Å². The fourth-order valence-corrected chi connectivity index (χ4v) is 3.55. The van der Waals surface area contributed by atoms with Gasteiger partial charge < -0.3 is 19.5 Å². The molecule has 3 rings (SSSR count).